The first-order valence-corrected chi connectivity index (χ1v) is 12.6. The van der Waals surface area contributed by atoms with Crippen molar-refractivity contribution in [2.75, 3.05) is 0 Å². The summed E-state index contributed by atoms with van der Waals surface area (Å²) in [6, 6.07) is 5.96. The molecule has 32 heavy (non-hydrogen) atoms. The predicted octanol–water partition coefficient (Wildman–Crippen LogP) is 6.13. The van der Waals surface area contributed by atoms with Crippen LogP contribution in [0, 0.1) is 36.0 Å². The Balaban J connectivity index is 1.68. The lowest BCUT2D eigenvalue weighted by atomic mass is 9.68. The molecule has 4 heteroatoms. The summed E-state index contributed by atoms with van der Waals surface area (Å²) >= 11 is 0. The Labute approximate surface area is 195 Å². The number of hydrogen-bond acceptors (Lipinski definition) is 2. The van der Waals surface area contributed by atoms with Crippen molar-refractivity contribution < 1.29 is 9.59 Å². The Kier molecular flexibility index (Phi) is 7.73. The van der Waals surface area contributed by atoms with Gasteiger partial charge in [-0.2, -0.15) is 0 Å². The molecule has 0 spiro atoms. The summed E-state index contributed by atoms with van der Waals surface area (Å²) in [6.45, 7) is 15.7. The second kappa shape index (κ2) is 9.97. The lowest BCUT2D eigenvalue weighted by molar-refractivity contribution is 0.0848. The average Bonchev–Trinajstić information content (AvgIpc) is 2.65. The summed E-state index contributed by atoms with van der Waals surface area (Å²) in [5, 5.41) is 6.51. The van der Waals surface area contributed by atoms with E-state index in [1.54, 1.807) is 6.07 Å². The highest BCUT2D eigenvalue weighted by atomic mass is 16.2. The van der Waals surface area contributed by atoms with Gasteiger partial charge in [-0.05, 0) is 98.3 Å². The van der Waals surface area contributed by atoms with Crippen molar-refractivity contribution in [3.8, 4) is 0 Å². The molecular formula is C28H44N2O2. The van der Waals surface area contributed by atoms with Crippen LogP contribution in [-0.2, 0) is 0 Å². The van der Waals surface area contributed by atoms with Gasteiger partial charge >= 0.3 is 0 Å². The largest absolute Gasteiger partial charge is 0.349 e. The van der Waals surface area contributed by atoms with E-state index >= 15 is 0 Å². The topological polar surface area (TPSA) is 58.2 Å². The molecule has 4 nitrogen and oxygen atoms in total. The van der Waals surface area contributed by atoms with E-state index in [2.05, 4.69) is 52.2 Å². The molecule has 2 fully saturated rings. The van der Waals surface area contributed by atoms with Crippen molar-refractivity contribution >= 4 is 11.8 Å². The van der Waals surface area contributed by atoms with Gasteiger partial charge in [-0.1, -0.05) is 41.5 Å². The second-order valence-electron chi connectivity index (χ2n) is 12.2. The molecule has 1 aromatic carbocycles. The van der Waals surface area contributed by atoms with E-state index in [0.29, 0.717) is 34.8 Å². The highest BCUT2D eigenvalue weighted by Crippen LogP contribution is 2.40. The quantitative estimate of drug-likeness (QED) is 0.592. The zero-order valence-corrected chi connectivity index (χ0v) is 21.3. The fraction of sp³-hybridized carbons (Fsp3) is 0.714. The lowest BCUT2D eigenvalue weighted by Gasteiger charge is -2.40. The van der Waals surface area contributed by atoms with Crippen LogP contribution in [0.2, 0.25) is 0 Å². The molecule has 5 unspecified atom stereocenters. The van der Waals surface area contributed by atoms with Crippen molar-refractivity contribution in [2.24, 2.45) is 29.1 Å². The van der Waals surface area contributed by atoms with E-state index in [9.17, 15) is 9.59 Å². The van der Waals surface area contributed by atoms with Crippen molar-refractivity contribution in [2.45, 2.75) is 99.1 Å². The third kappa shape index (κ3) is 6.59. The molecule has 2 amide bonds. The Hall–Kier alpha value is -1.84. The first-order valence-electron chi connectivity index (χ1n) is 12.6. The summed E-state index contributed by atoms with van der Waals surface area (Å²) in [5.74, 6) is 2.37. The summed E-state index contributed by atoms with van der Waals surface area (Å²) in [6.07, 6.45) is 6.57. The number of hydrogen-bond donors (Lipinski definition) is 2. The van der Waals surface area contributed by atoms with Crippen LogP contribution in [-0.4, -0.2) is 23.9 Å². The second-order valence-corrected chi connectivity index (χ2v) is 12.2. The van der Waals surface area contributed by atoms with Gasteiger partial charge in [-0.15, -0.1) is 0 Å². The zero-order valence-electron chi connectivity index (χ0n) is 21.3. The highest BCUT2D eigenvalue weighted by molar-refractivity contribution is 6.00. The maximum atomic E-state index is 13.1. The van der Waals surface area contributed by atoms with E-state index in [-0.39, 0.29) is 29.3 Å². The monoisotopic (exact) mass is 440 g/mol. The first kappa shape index (κ1) is 24.8. The number of carbonyl (C=O) groups excluding carboxylic acids is 2. The van der Waals surface area contributed by atoms with Gasteiger partial charge in [0.2, 0.25) is 0 Å². The minimum Gasteiger partial charge on any atom is -0.349 e. The standard InChI is InChI=1S/C28H44N2O2/c1-17-8-18(2)13-24(12-17)29-26(31)21-9-19(3)10-22(15-21)27(32)30-25-14-20(4)11-23(16-25)28(5,6)7/h9-10,15,17-18,20,23-25H,8,11-14,16H2,1-7H3,(H,29,31)(H,30,32). The molecule has 0 aliphatic heterocycles. The predicted molar refractivity (Wildman–Crippen MR) is 132 cm³/mol. The number of nitrogens with one attached hydrogen (secondary N) is 2. The van der Waals surface area contributed by atoms with Gasteiger partial charge in [-0.25, -0.2) is 0 Å². The van der Waals surface area contributed by atoms with Crippen molar-refractivity contribution in [1.29, 1.82) is 0 Å². The van der Waals surface area contributed by atoms with Crippen LogP contribution in [0.4, 0.5) is 0 Å². The van der Waals surface area contributed by atoms with Gasteiger partial charge in [0.25, 0.3) is 11.8 Å². The summed E-state index contributed by atoms with van der Waals surface area (Å²) in [5.41, 5.74) is 2.37. The summed E-state index contributed by atoms with van der Waals surface area (Å²) in [4.78, 5) is 26.1. The van der Waals surface area contributed by atoms with E-state index in [4.69, 9.17) is 0 Å². The number of benzene rings is 1. The van der Waals surface area contributed by atoms with Crippen molar-refractivity contribution in [3.05, 3.63) is 34.9 Å². The molecule has 0 aromatic heterocycles. The van der Waals surface area contributed by atoms with E-state index in [0.717, 1.165) is 31.2 Å². The molecule has 0 heterocycles. The Morgan fingerprint density at radius 1 is 0.719 bits per heavy atom. The van der Waals surface area contributed by atoms with E-state index in [1.165, 1.54) is 12.8 Å². The molecule has 5 atom stereocenters. The number of carbonyl (C=O) groups is 2. The Morgan fingerprint density at radius 2 is 1.16 bits per heavy atom. The third-order valence-electron chi connectivity index (χ3n) is 7.62. The molecule has 0 saturated heterocycles. The molecule has 178 valence electrons. The van der Waals surface area contributed by atoms with E-state index < -0.39 is 0 Å². The maximum Gasteiger partial charge on any atom is 0.251 e. The Morgan fingerprint density at radius 3 is 1.62 bits per heavy atom. The maximum absolute atomic E-state index is 13.1. The smallest absolute Gasteiger partial charge is 0.251 e. The van der Waals surface area contributed by atoms with Crippen LogP contribution in [0.3, 0.4) is 0 Å². The fourth-order valence-electron chi connectivity index (χ4n) is 6.08. The Bertz CT molecular complexity index is 815. The zero-order chi connectivity index (χ0) is 23.6. The van der Waals surface area contributed by atoms with Gasteiger partial charge in [0.1, 0.15) is 0 Å². The van der Waals surface area contributed by atoms with Crippen molar-refractivity contribution in [3.63, 3.8) is 0 Å². The normalized spacial score (nSPS) is 31.1. The van der Waals surface area contributed by atoms with Crippen LogP contribution in [0.15, 0.2) is 18.2 Å². The molecule has 2 aliphatic carbocycles. The van der Waals surface area contributed by atoms with Gasteiger partial charge in [-0.3, -0.25) is 9.59 Å². The minimum atomic E-state index is -0.0619. The molecule has 2 saturated carbocycles. The van der Waals surface area contributed by atoms with E-state index in [1.807, 2.05) is 19.1 Å². The van der Waals surface area contributed by atoms with Gasteiger partial charge in [0, 0.05) is 23.2 Å². The average molecular weight is 441 g/mol. The fourth-order valence-corrected chi connectivity index (χ4v) is 6.08. The molecule has 0 radical (unpaired) electrons. The molecular weight excluding hydrogens is 396 g/mol. The van der Waals surface area contributed by atoms with Gasteiger partial charge in [0.15, 0.2) is 0 Å². The molecule has 2 aliphatic rings. The van der Waals surface area contributed by atoms with Crippen LogP contribution in [0.1, 0.15) is 106 Å². The molecule has 0 bridgehead atoms. The molecule has 1 aromatic rings. The van der Waals surface area contributed by atoms with Crippen LogP contribution < -0.4 is 10.6 Å². The van der Waals surface area contributed by atoms with Gasteiger partial charge in [0.05, 0.1) is 0 Å². The van der Waals surface area contributed by atoms with Crippen LogP contribution in [0.5, 0.6) is 0 Å². The number of aryl methyl sites for hydroxylation is 1. The third-order valence-corrected chi connectivity index (χ3v) is 7.62. The van der Waals surface area contributed by atoms with Gasteiger partial charge < -0.3 is 10.6 Å². The number of amides is 2. The van der Waals surface area contributed by atoms with Crippen molar-refractivity contribution in [1.82, 2.24) is 10.6 Å². The highest BCUT2D eigenvalue weighted by Gasteiger charge is 2.34. The SMILES string of the molecule is Cc1cc(C(=O)NC2CC(C)CC(C)C2)cc(C(=O)NC2CC(C)CC(C(C)(C)C)C2)c1. The minimum absolute atomic E-state index is 0.0607. The molecule has 2 N–H and O–H groups in total. The van der Waals surface area contributed by atoms with Crippen LogP contribution >= 0.6 is 0 Å². The summed E-state index contributed by atoms with van der Waals surface area (Å²) in [7, 11) is 0. The number of rotatable bonds is 4. The lowest BCUT2D eigenvalue weighted by Crippen LogP contribution is -2.43. The van der Waals surface area contributed by atoms with Crippen LogP contribution in [0.25, 0.3) is 0 Å². The summed E-state index contributed by atoms with van der Waals surface area (Å²) < 4.78 is 0. The molecule has 3 rings (SSSR count). The first-order chi connectivity index (χ1) is 14.9.